The van der Waals surface area contributed by atoms with Gasteiger partial charge in [-0.25, -0.2) is 0 Å². The smallest absolute Gasteiger partial charge is 0.272 e. The molecule has 144 valence electrons. The van der Waals surface area contributed by atoms with E-state index in [2.05, 4.69) is 10.1 Å². The van der Waals surface area contributed by atoms with Gasteiger partial charge in [-0.05, 0) is 25.1 Å². The number of carbonyl (C=O) groups excluding carboxylic acids is 1. The first-order chi connectivity index (χ1) is 13.6. The molecule has 0 saturated carbocycles. The molecule has 1 aromatic carbocycles. The predicted octanol–water partition coefficient (Wildman–Crippen LogP) is 3.47. The van der Waals surface area contributed by atoms with Crippen molar-refractivity contribution in [3.63, 3.8) is 0 Å². The number of ether oxygens (including phenoxy) is 1. The van der Waals surface area contributed by atoms with E-state index in [-0.39, 0.29) is 12.0 Å². The zero-order chi connectivity index (χ0) is 19.5. The Bertz CT molecular complexity index is 942. The van der Waals surface area contributed by atoms with Crippen molar-refractivity contribution in [3.05, 3.63) is 66.1 Å². The van der Waals surface area contributed by atoms with Crippen molar-refractivity contribution in [2.24, 2.45) is 7.05 Å². The van der Waals surface area contributed by atoms with Crippen LogP contribution in [0.25, 0.3) is 11.3 Å². The fourth-order valence-corrected chi connectivity index (χ4v) is 3.47. The molecule has 3 aromatic rings. The molecule has 0 spiro atoms. The summed E-state index contributed by atoms with van der Waals surface area (Å²) in [5.74, 6) is 0.808. The largest absolute Gasteiger partial charge is 0.489 e. The van der Waals surface area contributed by atoms with Crippen molar-refractivity contribution in [1.29, 1.82) is 0 Å². The molecule has 0 aliphatic carbocycles. The van der Waals surface area contributed by atoms with Gasteiger partial charge in [-0.15, -0.1) is 0 Å². The number of benzene rings is 1. The van der Waals surface area contributed by atoms with Crippen LogP contribution >= 0.6 is 0 Å². The number of piperidine rings is 1. The van der Waals surface area contributed by atoms with Crippen LogP contribution in [-0.2, 0) is 7.05 Å². The van der Waals surface area contributed by atoms with Crippen LogP contribution in [0.4, 0.5) is 0 Å². The average molecular weight is 376 g/mol. The van der Waals surface area contributed by atoms with Crippen LogP contribution in [0.1, 0.15) is 29.0 Å². The maximum Gasteiger partial charge on any atom is 0.272 e. The molecule has 1 aliphatic rings. The Morgan fingerprint density at radius 3 is 2.54 bits per heavy atom. The summed E-state index contributed by atoms with van der Waals surface area (Å²) < 4.78 is 7.68. The third kappa shape index (κ3) is 3.91. The second-order valence-corrected chi connectivity index (χ2v) is 7.15. The summed E-state index contributed by atoms with van der Waals surface area (Å²) in [6.07, 6.45) is 3.49. The predicted molar refractivity (Wildman–Crippen MR) is 107 cm³/mol. The number of amides is 1. The van der Waals surface area contributed by atoms with E-state index >= 15 is 0 Å². The monoisotopic (exact) mass is 376 g/mol. The molecule has 1 saturated heterocycles. The molecule has 6 nitrogen and oxygen atoms in total. The minimum absolute atomic E-state index is 0.0210. The lowest BCUT2D eigenvalue weighted by molar-refractivity contribution is 0.0585. The molecule has 3 heterocycles. The summed E-state index contributed by atoms with van der Waals surface area (Å²) in [6.45, 7) is 3.30. The zero-order valence-corrected chi connectivity index (χ0v) is 16.2. The first-order valence-electron chi connectivity index (χ1n) is 9.58. The van der Waals surface area contributed by atoms with Gasteiger partial charge in [-0.1, -0.05) is 30.3 Å². The molecule has 0 radical (unpaired) electrons. The van der Waals surface area contributed by atoms with Gasteiger partial charge < -0.3 is 9.64 Å². The van der Waals surface area contributed by atoms with Crippen LogP contribution in [0.3, 0.4) is 0 Å². The fourth-order valence-electron chi connectivity index (χ4n) is 3.47. The van der Waals surface area contributed by atoms with Crippen LogP contribution in [0.2, 0.25) is 0 Å². The van der Waals surface area contributed by atoms with E-state index in [0.717, 1.165) is 35.5 Å². The molecule has 6 heteroatoms. The molecule has 2 aromatic heterocycles. The molecule has 1 fully saturated rings. The van der Waals surface area contributed by atoms with Gasteiger partial charge in [-0.2, -0.15) is 5.10 Å². The SMILES string of the molecule is Cc1ccc(OC2CCN(C(=O)c3cc(-c4ccccc4)nn3C)CC2)cn1. The molecular weight excluding hydrogens is 352 g/mol. The van der Waals surface area contributed by atoms with Crippen molar-refractivity contribution in [2.45, 2.75) is 25.9 Å². The van der Waals surface area contributed by atoms with Crippen LogP contribution in [0.5, 0.6) is 5.75 Å². The number of hydrogen-bond donors (Lipinski definition) is 0. The first-order valence-corrected chi connectivity index (χ1v) is 9.58. The minimum Gasteiger partial charge on any atom is -0.489 e. The van der Waals surface area contributed by atoms with Crippen LogP contribution in [-0.4, -0.2) is 44.8 Å². The maximum absolute atomic E-state index is 13.0. The lowest BCUT2D eigenvalue weighted by Crippen LogP contribution is -2.42. The standard InChI is InChI=1S/C22H24N4O2/c1-16-8-9-19(15-23-16)28-18-10-12-26(13-11-18)22(27)21-14-20(24-25(21)2)17-6-4-3-5-7-17/h3-9,14-15,18H,10-13H2,1-2H3. The van der Waals surface area contributed by atoms with Gasteiger partial charge in [0.25, 0.3) is 5.91 Å². The van der Waals surface area contributed by atoms with E-state index in [0.29, 0.717) is 18.8 Å². The third-order valence-electron chi connectivity index (χ3n) is 5.08. The summed E-state index contributed by atoms with van der Waals surface area (Å²) in [7, 11) is 1.82. The number of aryl methyl sites for hydroxylation is 2. The van der Waals surface area contributed by atoms with Gasteiger partial charge in [0.05, 0.1) is 11.9 Å². The van der Waals surface area contributed by atoms with E-state index in [9.17, 15) is 4.79 Å². The number of hydrogen-bond acceptors (Lipinski definition) is 4. The number of aromatic nitrogens is 3. The molecule has 1 amide bonds. The first kappa shape index (κ1) is 18.2. The Hall–Kier alpha value is -3.15. The minimum atomic E-state index is 0.0210. The highest BCUT2D eigenvalue weighted by Gasteiger charge is 2.27. The summed E-state index contributed by atoms with van der Waals surface area (Å²) in [4.78, 5) is 19.1. The van der Waals surface area contributed by atoms with E-state index in [1.54, 1.807) is 10.9 Å². The molecule has 0 unspecified atom stereocenters. The van der Waals surface area contributed by atoms with E-state index in [4.69, 9.17) is 4.74 Å². The fraction of sp³-hybridized carbons (Fsp3) is 0.318. The number of nitrogens with zero attached hydrogens (tertiary/aromatic N) is 4. The molecule has 0 N–H and O–H groups in total. The highest BCUT2D eigenvalue weighted by Crippen LogP contribution is 2.22. The zero-order valence-electron chi connectivity index (χ0n) is 16.2. The van der Waals surface area contributed by atoms with Crippen molar-refractivity contribution in [2.75, 3.05) is 13.1 Å². The second kappa shape index (κ2) is 7.84. The molecular formula is C22H24N4O2. The van der Waals surface area contributed by atoms with Gasteiger partial charge in [-0.3, -0.25) is 14.5 Å². The van der Waals surface area contributed by atoms with Gasteiger partial charge in [0.2, 0.25) is 0 Å². The van der Waals surface area contributed by atoms with Crippen LogP contribution in [0, 0.1) is 6.92 Å². The van der Waals surface area contributed by atoms with E-state index < -0.39 is 0 Å². The summed E-state index contributed by atoms with van der Waals surface area (Å²) in [6, 6.07) is 15.7. The number of pyridine rings is 1. The van der Waals surface area contributed by atoms with Gasteiger partial charge in [0, 0.05) is 44.2 Å². The summed E-state index contributed by atoms with van der Waals surface area (Å²) in [5.41, 5.74) is 3.41. The van der Waals surface area contributed by atoms with Crippen molar-refractivity contribution in [3.8, 4) is 17.0 Å². The van der Waals surface area contributed by atoms with E-state index in [1.165, 1.54) is 0 Å². The lowest BCUT2D eigenvalue weighted by atomic mass is 10.1. The third-order valence-corrected chi connectivity index (χ3v) is 5.08. The van der Waals surface area contributed by atoms with Crippen LogP contribution < -0.4 is 4.74 Å². The highest BCUT2D eigenvalue weighted by atomic mass is 16.5. The summed E-state index contributed by atoms with van der Waals surface area (Å²) >= 11 is 0. The Morgan fingerprint density at radius 2 is 1.86 bits per heavy atom. The topological polar surface area (TPSA) is 60.2 Å². The van der Waals surface area contributed by atoms with Crippen molar-refractivity contribution < 1.29 is 9.53 Å². The lowest BCUT2D eigenvalue weighted by Gasteiger charge is -2.32. The Labute approximate surface area is 164 Å². The van der Waals surface area contributed by atoms with Crippen LogP contribution in [0.15, 0.2) is 54.7 Å². The number of likely N-dealkylation sites (tertiary alicyclic amines) is 1. The molecule has 28 heavy (non-hydrogen) atoms. The molecule has 0 atom stereocenters. The van der Waals surface area contributed by atoms with Crippen molar-refractivity contribution in [1.82, 2.24) is 19.7 Å². The Balaban J connectivity index is 1.39. The summed E-state index contributed by atoms with van der Waals surface area (Å²) in [5, 5.41) is 4.51. The average Bonchev–Trinajstić information content (AvgIpc) is 3.12. The highest BCUT2D eigenvalue weighted by molar-refractivity contribution is 5.93. The molecule has 0 bridgehead atoms. The van der Waals surface area contributed by atoms with E-state index in [1.807, 2.05) is 67.4 Å². The Morgan fingerprint density at radius 1 is 1.11 bits per heavy atom. The molecule has 1 aliphatic heterocycles. The number of rotatable bonds is 4. The van der Waals surface area contributed by atoms with Gasteiger partial charge in [0.1, 0.15) is 17.5 Å². The Kier molecular flexibility index (Phi) is 5.10. The maximum atomic E-state index is 13.0. The second-order valence-electron chi connectivity index (χ2n) is 7.15. The number of carbonyl (C=O) groups is 1. The normalized spacial score (nSPS) is 14.9. The van der Waals surface area contributed by atoms with Crippen molar-refractivity contribution >= 4 is 5.91 Å². The molecule has 4 rings (SSSR count). The van der Waals surface area contributed by atoms with Gasteiger partial charge >= 0.3 is 0 Å². The van der Waals surface area contributed by atoms with Gasteiger partial charge in [0.15, 0.2) is 0 Å². The quantitative estimate of drug-likeness (QED) is 0.699.